The molecule has 3 atom stereocenters. The number of aliphatic hydroxyl groups is 1. The predicted molar refractivity (Wildman–Crippen MR) is 78.9 cm³/mol. The minimum atomic E-state index is -0.214. The number of amides is 1. The highest BCUT2D eigenvalue weighted by molar-refractivity contribution is 5.94. The first-order valence-electron chi connectivity index (χ1n) is 7.31. The third-order valence-corrected chi connectivity index (χ3v) is 4.74. The fourth-order valence-corrected chi connectivity index (χ4v) is 3.49. The molecular weight excluding hydrogens is 252 g/mol. The Kier molecular flexibility index (Phi) is 3.42. The summed E-state index contributed by atoms with van der Waals surface area (Å²) in [6, 6.07) is 7.72. The zero-order valence-electron chi connectivity index (χ0n) is 12.1. The minimum Gasteiger partial charge on any atom is -0.393 e. The van der Waals surface area contributed by atoms with Crippen molar-refractivity contribution >= 4 is 11.6 Å². The molecule has 3 unspecified atom stereocenters. The fraction of sp³-hybridized carbons (Fsp3) is 0.562. The van der Waals surface area contributed by atoms with E-state index in [9.17, 15) is 9.90 Å². The smallest absolute Gasteiger partial charge is 0.253 e. The van der Waals surface area contributed by atoms with Gasteiger partial charge in [-0.15, -0.1) is 0 Å². The Hall–Kier alpha value is -1.55. The summed E-state index contributed by atoms with van der Waals surface area (Å²) in [5, 5.41) is 9.92. The molecule has 1 N–H and O–H groups in total. The molecule has 1 saturated carbocycles. The lowest BCUT2D eigenvalue weighted by atomic mass is 10.00. The first kappa shape index (κ1) is 13.4. The molecule has 1 amide bonds. The van der Waals surface area contributed by atoms with E-state index in [4.69, 9.17) is 0 Å². The van der Waals surface area contributed by atoms with Gasteiger partial charge in [0.1, 0.15) is 0 Å². The molecule has 1 aliphatic heterocycles. The largest absolute Gasteiger partial charge is 0.393 e. The van der Waals surface area contributed by atoms with E-state index in [-0.39, 0.29) is 12.0 Å². The van der Waals surface area contributed by atoms with Crippen LogP contribution in [-0.2, 0) is 0 Å². The van der Waals surface area contributed by atoms with Crippen molar-refractivity contribution in [3.8, 4) is 0 Å². The van der Waals surface area contributed by atoms with Crippen LogP contribution in [0.1, 0.15) is 23.2 Å². The normalized spacial score (nSPS) is 28.6. The van der Waals surface area contributed by atoms with Gasteiger partial charge in [0.2, 0.25) is 0 Å². The van der Waals surface area contributed by atoms with Crippen molar-refractivity contribution in [2.75, 3.05) is 32.1 Å². The fourth-order valence-electron chi connectivity index (χ4n) is 3.49. The van der Waals surface area contributed by atoms with Gasteiger partial charge >= 0.3 is 0 Å². The number of aliphatic hydroxyl groups excluding tert-OH is 1. The number of rotatable bonds is 2. The van der Waals surface area contributed by atoms with Crippen LogP contribution in [0.3, 0.4) is 0 Å². The highest BCUT2D eigenvalue weighted by Gasteiger charge is 2.43. The van der Waals surface area contributed by atoms with E-state index < -0.39 is 0 Å². The molecule has 1 aromatic rings. The molecule has 1 aromatic carbocycles. The number of anilines is 1. The lowest BCUT2D eigenvalue weighted by molar-refractivity contribution is 0.0752. The van der Waals surface area contributed by atoms with Crippen LogP contribution in [0.2, 0.25) is 0 Å². The molecule has 4 heteroatoms. The second kappa shape index (κ2) is 5.09. The highest BCUT2D eigenvalue weighted by Crippen LogP contribution is 2.38. The van der Waals surface area contributed by atoms with Crippen LogP contribution in [-0.4, -0.2) is 49.2 Å². The van der Waals surface area contributed by atoms with Gasteiger partial charge in [-0.25, -0.2) is 0 Å². The molecule has 0 radical (unpaired) electrons. The van der Waals surface area contributed by atoms with Crippen molar-refractivity contribution < 1.29 is 9.90 Å². The summed E-state index contributed by atoms with van der Waals surface area (Å²) in [5.74, 6) is 0.881. The molecule has 108 valence electrons. The number of benzene rings is 1. The number of fused-ring (bicyclic) bond motifs is 1. The number of hydrogen-bond donors (Lipinski definition) is 1. The third-order valence-electron chi connectivity index (χ3n) is 4.74. The molecule has 2 aliphatic rings. The first-order chi connectivity index (χ1) is 9.56. The Morgan fingerprint density at radius 3 is 2.50 bits per heavy atom. The summed E-state index contributed by atoms with van der Waals surface area (Å²) in [5.41, 5.74) is 1.83. The molecule has 0 spiro atoms. The molecule has 20 heavy (non-hydrogen) atoms. The van der Waals surface area contributed by atoms with Gasteiger partial charge in [-0.05, 0) is 43.0 Å². The van der Waals surface area contributed by atoms with Crippen LogP contribution in [0.5, 0.6) is 0 Å². The standard InChI is InChI=1S/C16H22N2O2/c1-17(2)13-6-3-11(4-7-13)16(20)18-9-12-5-8-15(19)14(12)10-18/h3-4,6-7,12,14-15,19H,5,8-10H2,1-2H3. The van der Waals surface area contributed by atoms with E-state index in [0.717, 1.165) is 30.6 Å². The molecule has 3 rings (SSSR count). The SMILES string of the molecule is CN(C)c1ccc(C(=O)N2CC3CCC(O)C3C2)cc1. The predicted octanol–water partition coefficient (Wildman–Crippen LogP) is 1.60. The number of likely N-dealkylation sites (tertiary alicyclic amines) is 1. The molecule has 1 saturated heterocycles. The molecular formula is C16H22N2O2. The maximum atomic E-state index is 12.5. The average Bonchev–Trinajstić information content (AvgIpc) is 3.01. The van der Waals surface area contributed by atoms with E-state index in [2.05, 4.69) is 0 Å². The van der Waals surface area contributed by atoms with Crippen LogP contribution in [0.4, 0.5) is 5.69 Å². The Balaban J connectivity index is 1.70. The second-order valence-electron chi connectivity index (χ2n) is 6.22. The minimum absolute atomic E-state index is 0.0944. The molecule has 0 bridgehead atoms. The second-order valence-corrected chi connectivity index (χ2v) is 6.22. The molecule has 2 fully saturated rings. The van der Waals surface area contributed by atoms with Gasteiger partial charge in [0, 0.05) is 44.4 Å². The van der Waals surface area contributed by atoms with Crippen LogP contribution < -0.4 is 4.90 Å². The van der Waals surface area contributed by atoms with Gasteiger partial charge in [0.25, 0.3) is 5.91 Å². The summed E-state index contributed by atoms with van der Waals surface area (Å²) < 4.78 is 0. The number of nitrogens with zero attached hydrogens (tertiary/aromatic N) is 2. The van der Waals surface area contributed by atoms with Gasteiger partial charge in [-0.2, -0.15) is 0 Å². The maximum absolute atomic E-state index is 12.5. The van der Waals surface area contributed by atoms with Crippen molar-refractivity contribution in [1.29, 1.82) is 0 Å². The van der Waals surface area contributed by atoms with Crippen molar-refractivity contribution in [3.63, 3.8) is 0 Å². The lowest BCUT2D eigenvalue weighted by Gasteiger charge is -2.19. The van der Waals surface area contributed by atoms with Gasteiger partial charge in [-0.1, -0.05) is 0 Å². The lowest BCUT2D eigenvalue weighted by Crippen LogP contribution is -2.31. The zero-order valence-corrected chi connectivity index (χ0v) is 12.1. The van der Waals surface area contributed by atoms with Gasteiger partial charge in [-0.3, -0.25) is 4.79 Å². The Bertz CT molecular complexity index is 498. The summed E-state index contributed by atoms with van der Waals surface area (Å²) >= 11 is 0. The number of carbonyl (C=O) groups excluding carboxylic acids is 1. The van der Waals surface area contributed by atoms with E-state index >= 15 is 0 Å². The monoisotopic (exact) mass is 274 g/mol. The molecule has 4 nitrogen and oxygen atoms in total. The Morgan fingerprint density at radius 2 is 1.90 bits per heavy atom. The van der Waals surface area contributed by atoms with E-state index in [1.54, 1.807) is 0 Å². The van der Waals surface area contributed by atoms with Gasteiger partial charge in [0.15, 0.2) is 0 Å². The summed E-state index contributed by atoms with van der Waals surface area (Å²) in [7, 11) is 3.97. The zero-order chi connectivity index (χ0) is 14.3. The van der Waals surface area contributed by atoms with Crippen molar-refractivity contribution in [2.45, 2.75) is 18.9 Å². The quantitative estimate of drug-likeness (QED) is 0.891. The van der Waals surface area contributed by atoms with Crippen LogP contribution in [0, 0.1) is 11.8 Å². The first-order valence-corrected chi connectivity index (χ1v) is 7.31. The molecule has 1 aliphatic carbocycles. The van der Waals surface area contributed by atoms with E-state index in [1.165, 1.54) is 0 Å². The average molecular weight is 274 g/mol. The molecule has 1 heterocycles. The summed E-state index contributed by atoms with van der Waals surface area (Å²) in [6.07, 6.45) is 1.73. The summed E-state index contributed by atoms with van der Waals surface area (Å²) in [4.78, 5) is 16.4. The highest BCUT2D eigenvalue weighted by atomic mass is 16.3. The third kappa shape index (κ3) is 2.29. The van der Waals surface area contributed by atoms with Crippen LogP contribution in [0.15, 0.2) is 24.3 Å². The Labute approximate surface area is 120 Å². The Morgan fingerprint density at radius 1 is 1.20 bits per heavy atom. The van der Waals surface area contributed by atoms with E-state index in [0.29, 0.717) is 18.4 Å². The van der Waals surface area contributed by atoms with Crippen molar-refractivity contribution in [1.82, 2.24) is 4.90 Å². The summed E-state index contributed by atoms with van der Waals surface area (Å²) in [6.45, 7) is 1.51. The number of carbonyl (C=O) groups is 1. The van der Waals surface area contributed by atoms with Gasteiger partial charge in [0.05, 0.1) is 6.10 Å². The topological polar surface area (TPSA) is 43.8 Å². The van der Waals surface area contributed by atoms with Crippen molar-refractivity contribution in [3.05, 3.63) is 29.8 Å². The van der Waals surface area contributed by atoms with Crippen LogP contribution >= 0.6 is 0 Å². The maximum Gasteiger partial charge on any atom is 0.253 e. The number of hydrogen-bond acceptors (Lipinski definition) is 3. The van der Waals surface area contributed by atoms with E-state index in [1.807, 2.05) is 48.2 Å². The molecule has 0 aromatic heterocycles. The van der Waals surface area contributed by atoms with Gasteiger partial charge < -0.3 is 14.9 Å². The van der Waals surface area contributed by atoms with Crippen LogP contribution in [0.25, 0.3) is 0 Å². The van der Waals surface area contributed by atoms with Crippen molar-refractivity contribution in [2.24, 2.45) is 11.8 Å².